The van der Waals surface area contributed by atoms with Crippen LogP contribution < -0.4 is 5.32 Å². The number of halogens is 2. The highest BCUT2D eigenvalue weighted by Crippen LogP contribution is 2.27. The molecule has 2 N–H and O–H groups in total. The molecule has 1 aliphatic carbocycles. The molecule has 2 rings (SSSR count). The maximum absolute atomic E-state index is 13.3. The van der Waals surface area contributed by atoms with Crippen molar-refractivity contribution < 1.29 is 23.5 Å². The van der Waals surface area contributed by atoms with Crippen LogP contribution in [0, 0.1) is 17.6 Å². The van der Waals surface area contributed by atoms with Crippen LogP contribution in [0.3, 0.4) is 0 Å². The minimum atomic E-state index is -0.884. The topological polar surface area (TPSA) is 66.4 Å². The van der Waals surface area contributed by atoms with E-state index in [2.05, 4.69) is 5.32 Å². The Labute approximate surface area is 108 Å². The van der Waals surface area contributed by atoms with Crippen molar-refractivity contribution in [3.05, 3.63) is 35.4 Å². The predicted octanol–water partition coefficient (Wildman–Crippen LogP) is 1.49. The van der Waals surface area contributed by atoms with Gasteiger partial charge in [-0.2, -0.15) is 0 Å². The van der Waals surface area contributed by atoms with Gasteiger partial charge in [0.15, 0.2) is 0 Å². The molecule has 1 aromatic carbocycles. The zero-order chi connectivity index (χ0) is 14.0. The number of hydrogen-bond donors (Lipinski definition) is 2. The van der Waals surface area contributed by atoms with Crippen LogP contribution in [-0.4, -0.2) is 23.0 Å². The van der Waals surface area contributed by atoms with Crippen molar-refractivity contribution in [3.8, 4) is 0 Å². The number of carboxylic acid groups (broad SMARTS) is 1. The molecule has 0 bridgehead atoms. The lowest BCUT2D eigenvalue weighted by Gasteiger charge is -2.32. The van der Waals surface area contributed by atoms with E-state index < -0.39 is 29.4 Å². The Kier molecular flexibility index (Phi) is 3.78. The average molecular weight is 269 g/mol. The van der Waals surface area contributed by atoms with Crippen LogP contribution in [0.4, 0.5) is 8.78 Å². The molecule has 6 heteroatoms. The van der Waals surface area contributed by atoms with E-state index in [9.17, 15) is 18.4 Å². The summed E-state index contributed by atoms with van der Waals surface area (Å²) >= 11 is 0. The second-order valence-electron chi connectivity index (χ2n) is 4.65. The van der Waals surface area contributed by atoms with E-state index in [0.717, 1.165) is 12.1 Å². The summed E-state index contributed by atoms with van der Waals surface area (Å²) in [5.41, 5.74) is -0.269. The van der Waals surface area contributed by atoms with Crippen molar-refractivity contribution in [1.82, 2.24) is 5.32 Å². The van der Waals surface area contributed by atoms with Crippen molar-refractivity contribution in [2.75, 3.05) is 0 Å². The summed E-state index contributed by atoms with van der Waals surface area (Å²) in [4.78, 5) is 22.2. The number of rotatable bonds is 4. The Bertz CT molecular complexity index is 492. The van der Waals surface area contributed by atoms with Crippen molar-refractivity contribution in [1.29, 1.82) is 0 Å². The lowest BCUT2D eigenvalue weighted by molar-refractivity contribution is -0.146. The van der Waals surface area contributed by atoms with E-state index in [-0.39, 0.29) is 18.0 Å². The zero-order valence-corrected chi connectivity index (χ0v) is 10.0. The summed E-state index contributed by atoms with van der Waals surface area (Å²) in [7, 11) is 0. The summed E-state index contributed by atoms with van der Waals surface area (Å²) in [6.45, 7) is 0. The molecule has 0 saturated heterocycles. The van der Waals surface area contributed by atoms with Gasteiger partial charge in [-0.25, -0.2) is 8.78 Å². The molecule has 1 amide bonds. The smallest absolute Gasteiger partial charge is 0.306 e. The average Bonchev–Trinajstić information content (AvgIpc) is 2.27. The van der Waals surface area contributed by atoms with Gasteiger partial charge < -0.3 is 10.4 Å². The summed E-state index contributed by atoms with van der Waals surface area (Å²) < 4.78 is 26.6. The Morgan fingerprint density at radius 1 is 1.26 bits per heavy atom. The molecule has 0 radical (unpaired) electrons. The van der Waals surface area contributed by atoms with E-state index in [4.69, 9.17) is 5.11 Å². The van der Waals surface area contributed by atoms with Crippen LogP contribution in [0.2, 0.25) is 0 Å². The summed E-state index contributed by atoms with van der Waals surface area (Å²) in [5.74, 6) is -3.33. The molecule has 1 saturated carbocycles. The van der Waals surface area contributed by atoms with Gasteiger partial charge in [-0.15, -0.1) is 0 Å². The van der Waals surface area contributed by atoms with E-state index in [1.165, 1.54) is 6.07 Å². The maximum atomic E-state index is 13.3. The monoisotopic (exact) mass is 269 g/mol. The molecule has 0 aromatic heterocycles. The number of amides is 1. The van der Waals surface area contributed by atoms with Gasteiger partial charge in [-0.1, -0.05) is 6.07 Å². The molecular weight excluding hydrogens is 256 g/mol. The first-order chi connectivity index (χ1) is 8.97. The van der Waals surface area contributed by atoms with Gasteiger partial charge in [0.1, 0.15) is 11.6 Å². The van der Waals surface area contributed by atoms with Gasteiger partial charge in [0.2, 0.25) is 5.91 Å². The normalized spacial score (nSPS) is 21.6. The van der Waals surface area contributed by atoms with Gasteiger partial charge in [0.25, 0.3) is 0 Å². The number of hydrogen-bond acceptors (Lipinski definition) is 2. The molecule has 19 heavy (non-hydrogen) atoms. The van der Waals surface area contributed by atoms with Crippen LogP contribution in [0.15, 0.2) is 18.2 Å². The zero-order valence-electron chi connectivity index (χ0n) is 10.0. The van der Waals surface area contributed by atoms with Gasteiger partial charge >= 0.3 is 5.97 Å². The molecule has 0 unspecified atom stereocenters. The molecule has 0 aliphatic heterocycles. The minimum Gasteiger partial charge on any atom is -0.481 e. The number of aliphatic carboxylic acids is 1. The number of carboxylic acids is 1. The molecule has 0 atom stereocenters. The van der Waals surface area contributed by atoms with Gasteiger partial charge in [0.05, 0.1) is 12.3 Å². The molecule has 1 fully saturated rings. The highest BCUT2D eigenvalue weighted by molar-refractivity contribution is 5.79. The van der Waals surface area contributed by atoms with Gasteiger partial charge in [-0.3, -0.25) is 9.59 Å². The fourth-order valence-corrected chi connectivity index (χ4v) is 2.08. The summed E-state index contributed by atoms with van der Waals surface area (Å²) in [6.07, 6.45) is 0.342. The van der Waals surface area contributed by atoms with Crippen LogP contribution in [0.25, 0.3) is 0 Å². The highest BCUT2D eigenvalue weighted by atomic mass is 19.1. The fraction of sp³-hybridized carbons (Fsp3) is 0.385. The van der Waals surface area contributed by atoms with Crippen molar-refractivity contribution in [2.45, 2.75) is 25.3 Å². The third kappa shape index (κ3) is 3.07. The third-order valence-electron chi connectivity index (χ3n) is 3.25. The minimum absolute atomic E-state index is 0.219. The SMILES string of the molecule is O=C(Cc1c(F)cccc1F)NC1CC(C(=O)O)C1. The van der Waals surface area contributed by atoms with Crippen molar-refractivity contribution in [2.24, 2.45) is 5.92 Å². The third-order valence-corrected chi connectivity index (χ3v) is 3.25. The molecule has 102 valence electrons. The fourth-order valence-electron chi connectivity index (χ4n) is 2.08. The Hall–Kier alpha value is -1.98. The van der Waals surface area contributed by atoms with Crippen LogP contribution >= 0.6 is 0 Å². The molecule has 1 aromatic rings. The summed E-state index contributed by atoms with van der Waals surface area (Å²) in [5, 5.41) is 11.2. The van der Waals surface area contributed by atoms with Crippen molar-refractivity contribution >= 4 is 11.9 Å². The van der Waals surface area contributed by atoms with Crippen LogP contribution in [0.5, 0.6) is 0 Å². The predicted molar refractivity (Wildman–Crippen MR) is 62.4 cm³/mol. The molecule has 4 nitrogen and oxygen atoms in total. The number of carbonyl (C=O) groups is 2. The second kappa shape index (κ2) is 5.34. The molecular formula is C13H13F2NO3. The Balaban J connectivity index is 1.87. The Morgan fingerprint density at radius 2 is 1.84 bits per heavy atom. The number of nitrogens with one attached hydrogen (secondary N) is 1. The summed E-state index contributed by atoms with van der Waals surface area (Å²) in [6, 6.07) is 3.20. The first-order valence-electron chi connectivity index (χ1n) is 5.92. The van der Waals surface area contributed by atoms with Gasteiger partial charge in [0, 0.05) is 11.6 Å². The lowest BCUT2D eigenvalue weighted by Crippen LogP contribution is -2.47. The van der Waals surface area contributed by atoms with Crippen LogP contribution in [-0.2, 0) is 16.0 Å². The number of carbonyl (C=O) groups excluding carboxylic acids is 1. The van der Waals surface area contributed by atoms with Crippen molar-refractivity contribution in [3.63, 3.8) is 0 Å². The van der Waals surface area contributed by atoms with Gasteiger partial charge in [-0.05, 0) is 25.0 Å². The van der Waals surface area contributed by atoms with E-state index >= 15 is 0 Å². The quantitative estimate of drug-likeness (QED) is 0.870. The first-order valence-corrected chi connectivity index (χ1v) is 5.92. The lowest BCUT2D eigenvalue weighted by atomic mass is 9.80. The highest BCUT2D eigenvalue weighted by Gasteiger charge is 2.35. The maximum Gasteiger partial charge on any atom is 0.306 e. The van der Waals surface area contributed by atoms with E-state index in [1.807, 2.05) is 0 Å². The molecule has 1 aliphatic rings. The standard InChI is InChI=1S/C13H13F2NO3/c14-10-2-1-3-11(15)9(10)6-12(17)16-8-4-7(5-8)13(18)19/h1-3,7-8H,4-6H2,(H,16,17)(H,18,19). The van der Waals surface area contributed by atoms with E-state index in [0.29, 0.717) is 12.8 Å². The van der Waals surface area contributed by atoms with E-state index in [1.54, 1.807) is 0 Å². The second-order valence-corrected chi connectivity index (χ2v) is 4.65. The first kappa shape index (κ1) is 13.5. The van der Waals surface area contributed by atoms with Crippen LogP contribution in [0.1, 0.15) is 18.4 Å². The largest absolute Gasteiger partial charge is 0.481 e. The number of benzene rings is 1. The molecule has 0 heterocycles. The molecule has 0 spiro atoms. The Morgan fingerprint density at radius 3 is 2.37 bits per heavy atom.